The summed E-state index contributed by atoms with van der Waals surface area (Å²) in [6.07, 6.45) is -3.94. The number of hydrogen-bond donors (Lipinski definition) is 5. The van der Waals surface area contributed by atoms with Crippen LogP contribution in [0.1, 0.15) is 17.4 Å². The lowest BCUT2D eigenvalue weighted by Gasteiger charge is -2.32. The Hall–Kier alpha value is -5.65. The van der Waals surface area contributed by atoms with Gasteiger partial charge in [0.25, 0.3) is 5.91 Å². The third kappa shape index (κ3) is 7.11. The minimum atomic E-state index is -1.80. The van der Waals surface area contributed by atoms with Crippen molar-refractivity contribution < 1.29 is 43.6 Å². The summed E-state index contributed by atoms with van der Waals surface area (Å²) in [6, 6.07) is 12.2. The summed E-state index contributed by atoms with van der Waals surface area (Å²) in [4.78, 5) is 65.2. The first-order valence-electron chi connectivity index (χ1n) is 14.3. The van der Waals surface area contributed by atoms with Gasteiger partial charge in [-0.2, -0.15) is 0 Å². The molecule has 246 valence electrons. The zero-order valence-electron chi connectivity index (χ0n) is 25.0. The van der Waals surface area contributed by atoms with Gasteiger partial charge in [0.2, 0.25) is 5.91 Å². The zero-order valence-corrected chi connectivity index (χ0v) is 25.0. The highest BCUT2D eigenvalue weighted by Gasteiger charge is 2.55. The predicted octanol–water partition coefficient (Wildman–Crippen LogP) is -0.0198. The lowest BCUT2D eigenvalue weighted by atomic mass is 10.0. The number of carbonyl (C=O) groups is 4. The number of amides is 3. The molecule has 1 fully saturated rings. The maximum absolute atomic E-state index is 14.1. The highest BCUT2D eigenvalue weighted by molar-refractivity contribution is 5.97. The van der Waals surface area contributed by atoms with E-state index < -0.39 is 60.9 Å². The summed E-state index contributed by atoms with van der Waals surface area (Å²) in [5, 5.41) is 23.1. The molecule has 5 rings (SSSR count). The van der Waals surface area contributed by atoms with Crippen LogP contribution >= 0.6 is 0 Å². The van der Waals surface area contributed by atoms with Gasteiger partial charge in [-0.3, -0.25) is 19.0 Å². The second-order valence-corrected chi connectivity index (χ2v) is 10.5. The van der Waals surface area contributed by atoms with Gasteiger partial charge in [0, 0.05) is 0 Å². The lowest BCUT2D eigenvalue weighted by molar-refractivity contribution is -0.144. The fourth-order valence-corrected chi connectivity index (χ4v) is 5.14. The molecule has 5 atom stereocenters. The Balaban J connectivity index is 1.52. The number of hydrogen-bond acceptors (Lipinski definition) is 13. The second-order valence-electron chi connectivity index (χ2n) is 10.5. The second kappa shape index (κ2) is 14.2. The number of imide groups is 1. The number of aliphatic hydroxyl groups excluding tert-OH is 1. The van der Waals surface area contributed by atoms with E-state index >= 15 is 0 Å². The van der Waals surface area contributed by atoms with E-state index in [4.69, 9.17) is 25.7 Å². The number of carbonyl (C=O) groups excluding carboxylic acids is 3. The fourth-order valence-electron chi connectivity index (χ4n) is 5.14. The number of aliphatic hydroxyl groups is 1. The molecule has 47 heavy (non-hydrogen) atoms. The standard InChI is InChI=1S/C30H32N8O9/c1-45-18-9-7-16(8-10-18)11-19(31)28(43)38(30(44)46-13-17-5-3-2-4-6-17)22-23(41)29(47-24(22)27(42)33-12-20(39)40)37-15-36-21-25(32)34-14-35-26(21)37/h2-10,14-15,19,22-24,29,41H,11-13,31H2,1H3,(H,33,42)(H,39,40)(H2,32,34,35)/t19-,22-,23+,24-,29+/m0/s1. The van der Waals surface area contributed by atoms with E-state index in [2.05, 4.69) is 20.3 Å². The maximum Gasteiger partial charge on any atom is 0.417 e. The van der Waals surface area contributed by atoms with Gasteiger partial charge in [0.05, 0.1) is 19.5 Å². The summed E-state index contributed by atoms with van der Waals surface area (Å²) in [6.45, 7) is -1.07. The molecule has 0 saturated carbocycles. The number of methoxy groups -OCH3 is 1. The minimum Gasteiger partial charge on any atom is -0.497 e. The number of aliphatic carboxylic acids is 1. The number of anilines is 1. The van der Waals surface area contributed by atoms with Crippen LogP contribution in [0, 0.1) is 0 Å². The maximum atomic E-state index is 14.1. The monoisotopic (exact) mass is 648 g/mol. The van der Waals surface area contributed by atoms with E-state index in [9.17, 15) is 29.4 Å². The van der Waals surface area contributed by atoms with Crippen LogP contribution in [0.25, 0.3) is 11.2 Å². The smallest absolute Gasteiger partial charge is 0.417 e. The van der Waals surface area contributed by atoms with Crippen LogP contribution in [0.15, 0.2) is 67.3 Å². The topological polar surface area (TPSA) is 247 Å². The first kappa shape index (κ1) is 32.7. The van der Waals surface area contributed by atoms with Gasteiger partial charge < -0.3 is 41.2 Å². The van der Waals surface area contributed by atoms with E-state index in [0.29, 0.717) is 21.8 Å². The number of benzene rings is 2. The Labute approximate surface area is 267 Å². The van der Waals surface area contributed by atoms with Crippen molar-refractivity contribution in [1.29, 1.82) is 0 Å². The van der Waals surface area contributed by atoms with Crippen molar-refractivity contribution in [3.05, 3.63) is 78.4 Å². The molecule has 0 radical (unpaired) electrons. The Bertz CT molecular complexity index is 1750. The lowest BCUT2D eigenvalue weighted by Crippen LogP contribution is -2.60. The molecule has 0 unspecified atom stereocenters. The van der Waals surface area contributed by atoms with Crippen molar-refractivity contribution in [2.45, 2.75) is 43.5 Å². The van der Waals surface area contributed by atoms with Gasteiger partial charge in [-0.1, -0.05) is 42.5 Å². The number of nitrogens with zero attached hydrogens (tertiary/aromatic N) is 5. The van der Waals surface area contributed by atoms with Crippen LogP contribution in [0.3, 0.4) is 0 Å². The predicted molar refractivity (Wildman–Crippen MR) is 162 cm³/mol. The van der Waals surface area contributed by atoms with E-state index in [1.165, 1.54) is 18.0 Å². The third-order valence-corrected chi connectivity index (χ3v) is 7.44. The molecule has 2 aromatic carbocycles. The van der Waals surface area contributed by atoms with Gasteiger partial charge >= 0.3 is 12.1 Å². The average molecular weight is 649 g/mol. The molecule has 0 aliphatic carbocycles. The number of nitrogens with two attached hydrogens (primary N) is 2. The molecule has 0 bridgehead atoms. The first-order chi connectivity index (χ1) is 22.6. The molecule has 17 nitrogen and oxygen atoms in total. The number of imidazole rings is 1. The van der Waals surface area contributed by atoms with Crippen molar-refractivity contribution in [1.82, 2.24) is 29.7 Å². The van der Waals surface area contributed by atoms with Crippen LogP contribution in [-0.4, -0.2) is 96.5 Å². The summed E-state index contributed by atoms with van der Waals surface area (Å²) in [7, 11) is 1.50. The van der Waals surface area contributed by atoms with E-state index in [0.717, 1.165) is 6.33 Å². The third-order valence-electron chi connectivity index (χ3n) is 7.44. The number of rotatable bonds is 11. The van der Waals surface area contributed by atoms with Gasteiger partial charge in [0.15, 0.2) is 23.8 Å². The van der Waals surface area contributed by atoms with Crippen molar-refractivity contribution in [2.24, 2.45) is 5.73 Å². The van der Waals surface area contributed by atoms with Gasteiger partial charge in [-0.25, -0.2) is 24.6 Å². The molecule has 1 aliphatic heterocycles. The largest absolute Gasteiger partial charge is 0.497 e. The molecular weight excluding hydrogens is 616 g/mol. The Kier molecular flexibility index (Phi) is 9.88. The fraction of sp³-hybridized carbons (Fsp3) is 0.300. The molecule has 17 heteroatoms. The Morgan fingerprint density at radius 2 is 1.79 bits per heavy atom. The van der Waals surface area contributed by atoms with Crippen LogP contribution in [-0.2, 0) is 36.9 Å². The molecule has 2 aromatic heterocycles. The summed E-state index contributed by atoms with van der Waals surface area (Å²) in [5.41, 5.74) is 13.8. The molecular formula is C30H32N8O9. The molecule has 4 aromatic rings. The zero-order chi connectivity index (χ0) is 33.7. The molecule has 1 aliphatic rings. The number of nitrogens with one attached hydrogen (secondary N) is 1. The van der Waals surface area contributed by atoms with Crippen LogP contribution in [0.5, 0.6) is 5.75 Å². The SMILES string of the molecule is COc1ccc(C[C@H](N)C(=O)N(C(=O)OCc2ccccc2)[C@H]2[C@@H](O)[C@H](n3cnc4c(N)ncnc43)O[C@@H]2C(=O)NCC(=O)O)cc1. The number of ether oxygens (including phenoxy) is 3. The summed E-state index contributed by atoms with van der Waals surface area (Å²) >= 11 is 0. The average Bonchev–Trinajstić information content (AvgIpc) is 3.65. The Morgan fingerprint density at radius 1 is 1.06 bits per heavy atom. The number of carboxylic acid groups (broad SMARTS) is 1. The highest BCUT2D eigenvalue weighted by Crippen LogP contribution is 2.36. The number of nitrogen functional groups attached to an aromatic ring is 1. The van der Waals surface area contributed by atoms with Crippen molar-refractivity contribution in [3.63, 3.8) is 0 Å². The van der Waals surface area contributed by atoms with Gasteiger partial charge in [0.1, 0.15) is 42.9 Å². The molecule has 7 N–H and O–H groups in total. The van der Waals surface area contributed by atoms with Gasteiger partial charge in [-0.05, 0) is 29.7 Å². The molecule has 3 heterocycles. The Morgan fingerprint density at radius 3 is 2.47 bits per heavy atom. The molecule has 1 saturated heterocycles. The first-order valence-corrected chi connectivity index (χ1v) is 14.3. The van der Waals surface area contributed by atoms with E-state index in [1.54, 1.807) is 54.6 Å². The van der Waals surface area contributed by atoms with E-state index in [1.807, 2.05) is 0 Å². The van der Waals surface area contributed by atoms with Crippen LogP contribution in [0.2, 0.25) is 0 Å². The number of fused-ring (bicyclic) bond motifs is 1. The van der Waals surface area contributed by atoms with Crippen LogP contribution < -0.4 is 21.5 Å². The number of carboxylic acids is 1. The normalized spacial score (nSPS) is 19.6. The quantitative estimate of drug-likeness (QED) is 0.143. The minimum absolute atomic E-state index is 0.0272. The van der Waals surface area contributed by atoms with Crippen molar-refractivity contribution >= 4 is 40.9 Å². The van der Waals surface area contributed by atoms with Crippen molar-refractivity contribution in [3.8, 4) is 5.75 Å². The van der Waals surface area contributed by atoms with E-state index in [-0.39, 0.29) is 30.0 Å². The number of aromatic nitrogens is 4. The highest BCUT2D eigenvalue weighted by atomic mass is 16.6. The molecule has 3 amide bonds. The molecule has 0 spiro atoms. The van der Waals surface area contributed by atoms with Gasteiger partial charge in [-0.15, -0.1) is 0 Å². The van der Waals surface area contributed by atoms with Crippen LogP contribution in [0.4, 0.5) is 10.6 Å². The summed E-state index contributed by atoms with van der Waals surface area (Å²) < 4.78 is 17.9. The summed E-state index contributed by atoms with van der Waals surface area (Å²) in [5.74, 6) is -2.79. The van der Waals surface area contributed by atoms with Crippen molar-refractivity contribution in [2.75, 3.05) is 19.4 Å².